The lowest BCUT2D eigenvalue weighted by Crippen LogP contribution is -2.43. The zero-order chi connectivity index (χ0) is 17.5. The zero-order valence-electron chi connectivity index (χ0n) is 16.8. The lowest BCUT2D eigenvalue weighted by atomic mass is 10.1. The van der Waals surface area contributed by atoms with Crippen molar-refractivity contribution in [3.8, 4) is 0 Å². The maximum absolute atomic E-state index is 5.68. The van der Waals surface area contributed by atoms with Gasteiger partial charge in [0.2, 0.25) is 0 Å². The van der Waals surface area contributed by atoms with E-state index in [2.05, 4.69) is 46.4 Å². The number of benzene rings is 1. The van der Waals surface area contributed by atoms with E-state index in [1.165, 1.54) is 48.4 Å². The Labute approximate surface area is 177 Å². The van der Waals surface area contributed by atoms with E-state index >= 15 is 0 Å². The molecule has 0 bridgehead atoms. The molecule has 0 atom stereocenters. The second kappa shape index (κ2) is 12.7. The van der Waals surface area contributed by atoms with Crippen molar-refractivity contribution >= 4 is 36.2 Å². The zero-order valence-corrected chi connectivity index (χ0v) is 18.4. The summed E-state index contributed by atoms with van der Waals surface area (Å²) >= 11 is 0. The number of likely N-dealkylation sites (tertiary alicyclic amines) is 1. The van der Waals surface area contributed by atoms with Crippen LogP contribution in [0.25, 0.3) is 0 Å². The van der Waals surface area contributed by atoms with E-state index in [1.54, 1.807) is 0 Å². The quantitative estimate of drug-likeness (QED) is 0.677. The van der Waals surface area contributed by atoms with Crippen molar-refractivity contribution in [1.82, 2.24) is 10.2 Å². The molecule has 2 fully saturated rings. The molecule has 7 heteroatoms. The minimum absolute atomic E-state index is 0. The van der Waals surface area contributed by atoms with Crippen molar-refractivity contribution < 1.29 is 4.74 Å². The maximum Gasteiger partial charge on any atom is 0.0718 e. The molecule has 2 N–H and O–H groups in total. The fourth-order valence-electron chi connectivity index (χ4n) is 3.83. The van der Waals surface area contributed by atoms with Crippen LogP contribution in [0, 0.1) is 6.92 Å². The molecule has 2 aliphatic heterocycles. The van der Waals surface area contributed by atoms with Crippen LogP contribution in [0.2, 0.25) is 0 Å². The summed E-state index contributed by atoms with van der Waals surface area (Å²) < 4.78 is 5.68. The maximum atomic E-state index is 5.68. The van der Waals surface area contributed by atoms with Crippen LogP contribution in [0.1, 0.15) is 30.9 Å². The summed E-state index contributed by atoms with van der Waals surface area (Å²) in [5.74, 6) is 0. The van der Waals surface area contributed by atoms with Crippen molar-refractivity contribution in [3.63, 3.8) is 0 Å². The highest BCUT2D eigenvalue weighted by atomic mass is 35.5. The Hall–Kier alpha value is -0.720. The Morgan fingerprint density at radius 2 is 1.78 bits per heavy atom. The number of nitrogens with one attached hydrogen (secondary N) is 2. The third-order valence-corrected chi connectivity index (χ3v) is 5.31. The summed E-state index contributed by atoms with van der Waals surface area (Å²) in [6.07, 6.45) is 2.71. The van der Waals surface area contributed by atoms with E-state index in [4.69, 9.17) is 4.74 Å². The summed E-state index contributed by atoms with van der Waals surface area (Å²) in [5, 5.41) is 7.14. The van der Waals surface area contributed by atoms with Gasteiger partial charge in [-0.05, 0) is 63.0 Å². The van der Waals surface area contributed by atoms with Gasteiger partial charge in [-0.15, -0.1) is 24.8 Å². The number of piperazine rings is 1. The van der Waals surface area contributed by atoms with Gasteiger partial charge < -0.3 is 25.2 Å². The molecule has 5 nitrogen and oxygen atoms in total. The lowest BCUT2D eigenvalue weighted by molar-refractivity contribution is 0.134. The van der Waals surface area contributed by atoms with Crippen LogP contribution in [0.5, 0.6) is 0 Å². The predicted molar refractivity (Wildman–Crippen MR) is 120 cm³/mol. The van der Waals surface area contributed by atoms with Gasteiger partial charge in [-0.2, -0.15) is 0 Å². The van der Waals surface area contributed by atoms with Gasteiger partial charge in [-0.3, -0.25) is 0 Å². The summed E-state index contributed by atoms with van der Waals surface area (Å²) in [5.41, 5.74) is 5.26. The van der Waals surface area contributed by atoms with Crippen molar-refractivity contribution in [2.75, 3.05) is 69.2 Å². The van der Waals surface area contributed by atoms with Crippen LogP contribution in [-0.2, 0) is 11.3 Å². The first-order chi connectivity index (χ1) is 12.3. The Kier molecular flexibility index (Phi) is 11.4. The smallest absolute Gasteiger partial charge is 0.0718 e. The van der Waals surface area contributed by atoms with E-state index in [1.807, 2.05) is 0 Å². The first-order valence-electron chi connectivity index (χ1n) is 9.91. The first kappa shape index (κ1) is 24.3. The van der Waals surface area contributed by atoms with Crippen molar-refractivity contribution in [1.29, 1.82) is 0 Å². The number of ether oxygens (including phenoxy) is 1. The molecule has 3 rings (SSSR count). The number of nitrogens with zero attached hydrogens (tertiary/aromatic N) is 2. The monoisotopic (exact) mass is 418 g/mol. The fraction of sp³-hybridized carbons (Fsp3) is 0.700. The lowest BCUT2D eigenvalue weighted by Gasteiger charge is -2.32. The molecule has 0 aliphatic carbocycles. The Morgan fingerprint density at radius 1 is 1.07 bits per heavy atom. The van der Waals surface area contributed by atoms with Gasteiger partial charge in [0, 0.05) is 57.3 Å². The van der Waals surface area contributed by atoms with Gasteiger partial charge >= 0.3 is 0 Å². The molecule has 1 aromatic rings. The van der Waals surface area contributed by atoms with Crippen LogP contribution >= 0.6 is 24.8 Å². The molecule has 0 saturated carbocycles. The summed E-state index contributed by atoms with van der Waals surface area (Å²) in [4.78, 5) is 5.07. The van der Waals surface area contributed by atoms with Crippen molar-refractivity contribution in [2.45, 2.75) is 33.3 Å². The highest BCUT2D eigenvalue weighted by molar-refractivity contribution is 5.85. The van der Waals surface area contributed by atoms with Crippen LogP contribution in [0.15, 0.2) is 12.1 Å². The summed E-state index contributed by atoms with van der Waals surface area (Å²) in [6.45, 7) is 14.7. The topological polar surface area (TPSA) is 39.8 Å². The van der Waals surface area contributed by atoms with Crippen molar-refractivity contribution in [3.05, 3.63) is 23.3 Å². The average Bonchev–Trinajstić information content (AvgIpc) is 3.16. The SMILES string of the molecule is CCOCc1cc(NCCN2CCCC2)c(C)c(N2CCNCC2)c1.Cl.Cl. The molecule has 2 saturated heterocycles. The van der Waals surface area contributed by atoms with E-state index in [0.29, 0.717) is 6.61 Å². The molecule has 0 radical (unpaired) electrons. The highest BCUT2D eigenvalue weighted by Crippen LogP contribution is 2.30. The number of hydrogen-bond acceptors (Lipinski definition) is 5. The van der Waals surface area contributed by atoms with Crippen LogP contribution < -0.4 is 15.5 Å². The Bertz CT molecular complexity index is 547. The fourth-order valence-corrected chi connectivity index (χ4v) is 3.83. The third-order valence-electron chi connectivity index (χ3n) is 5.31. The van der Waals surface area contributed by atoms with Gasteiger partial charge in [0.25, 0.3) is 0 Å². The predicted octanol–water partition coefficient (Wildman–Crippen LogP) is 3.29. The largest absolute Gasteiger partial charge is 0.383 e. The van der Waals surface area contributed by atoms with E-state index in [-0.39, 0.29) is 24.8 Å². The van der Waals surface area contributed by atoms with Gasteiger partial charge in [-0.25, -0.2) is 0 Å². The molecule has 1 aromatic carbocycles. The van der Waals surface area contributed by atoms with Crippen LogP contribution in [0.4, 0.5) is 11.4 Å². The Morgan fingerprint density at radius 3 is 2.44 bits per heavy atom. The first-order valence-corrected chi connectivity index (χ1v) is 9.91. The van der Waals surface area contributed by atoms with Crippen LogP contribution in [-0.4, -0.2) is 63.9 Å². The minimum atomic E-state index is 0. The van der Waals surface area contributed by atoms with Crippen molar-refractivity contribution in [2.24, 2.45) is 0 Å². The third kappa shape index (κ3) is 6.99. The number of halogens is 2. The minimum Gasteiger partial charge on any atom is -0.383 e. The average molecular weight is 419 g/mol. The molecule has 27 heavy (non-hydrogen) atoms. The molecule has 2 heterocycles. The summed E-state index contributed by atoms with van der Waals surface area (Å²) in [7, 11) is 0. The Balaban J connectivity index is 0.00000182. The van der Waals surface area contributed by atoms with Gasteiger partial charge in [0.15, 0.2) is 0 Å². The number of anilines is 2. The highest BCUT2D eigenvalue weighted by Gasteiger charge is 2.16. The molecule has 2 aliphatic rings. The molecule has 0 unspecified atom stereocenters. The van der Waals surface area contributed by atoms with Gasteiger partial charge in [0.05, 0.1) is 6.61 Å². The second-order valence-corrected chi connectivity index (χ2v) is 7.14. The molecule has 0 aromatic heterocycles. The van der Waals surface area contributed by atoms with E-state index < -0.39 is 0 Å². The van der Waals surface area contributed by atoms with Crippen LogP contribution in [0.3, 0.4) is 0 Å². The molecule has 0 amide bonds. The van der Waals surface area contributed by atoms with Gasteiger partial charge in [-0.1, -0.05) is 0 Å². The molecule has 156 valence electrons. The number of rotatable bonds is 8. The summed E-state index contributed by atoms with van der Waals surface area (Å²) in [6, 6.07) is 4.60. The van der Waals surface area contributed by atoms with E-state index in [0.717, 1.165) is 45.9 Å². The standard InChI is InChI=1S/C20H34N4O.2ClH/c1-3-25-16-18-14-19(22-8-11-23-9-4-5-10-23)17(2)20(15-18)24-12-6-21-7-13-24;;/h14-15,21-22H,3-13,16H2,1-2H3;2*1H. The molecular weight excluding hydrogens is 383 g/mol. The van der Waals surface area contributed by atoms with E-state index in [9.17, 15) is 0 Å². The number of hydrogen-bond donors (Lipinski definition) is 2. The molecular formula is C20H36Cl2N4O. The second-order valence-electron chi connectivity index (χ2n) is 7.14. The molecule has 0 spiro atoms. The van der Waals surface area contributed by atoms with Gasteiger partial charge in [0.1, 0.15) is 0 Å². The normalized spacial score (nSPS) is 17.3.